The molecule has 3 rings (SSSR count). The summed E-state index contributed by atoms with van der Waals surface area (Å²) in [4.78, 5) is 28.6. The zero-order valence-electron chi connectivity index (χ0n) is 12.9. The SMILES string of the molecule is CCC1C(=O)NC(C)C(=O)N1CC1CN2CCCC2CO1. The number of carbonyl (C=O) groups is 2. The van der Waals surface area contributed by atoms with E-state index in [1.54, 1.807) is 11.8 Å². The number of piperazine rings is 1. The normalized spacial score (nSPS) is 37.5. The van der Waals surface area contributed by atoms with Crippen molar-refractivity contribution in [1.29, 1.82) is 0 Å². The zero-order chi connectivity index (χ0) is 15.0. The van der Waals surface area contributed by atoms with Crippen LogP contribution in [0.25, 0.3) is 0 Å². The molecule has 0 saturated carbocycles. The Kier molecular flexibility index (Phi) is 4.17. The van der Waals surface area contributed by atoms with Crippen molar-refractivity contribution in [3.8, 4) is 0 Å². The molecule has 6 heteroatoms. The molecule has 3 aliphatic rings. The monoisotopic (exact) mass is 295 g/mol. The van der Waals surface area contributed by atoms with Crippen molar-refractivity contribution in [2.45, 2.75) is 57.3 Å². The van der Waals surface area contributed by atoms with Gasteiger partial charge in [-0.2, -0.15) is 0 Å². The second-order valence-electron chi connectivity index (χ2n) is 6.39. The Labute approximate surface area is 125 Å². The molecule has 0 aromatic heterocycles. The topological polar surface area (TPSA) is 61.9 Å². The molecule has 0 aromatic rings. The molecule has 0 radical (unpaired) electrons. The molecule has 118 valence electrons. The Balaban J connectivity index is 1.66. The number of morpholine rings is 1. The van der Waals surface area contributed by atoms with Crippen molar-refractivity contribution in [2.24, 2.45) is 0 Å². The third kappa shape index (κ3) is 2.79. The van der Waals surface area contributed by atoms with Crippen molar-refractivity contribution in [3.05, 3.63) is 0 Å². The molecular weight excluding hydrogens is 270 g/mol. The van der Waals surface area contributed by atoms with Crippen LogP contribution in [0.3, 0.4) is 0 Å². The van der Waals surface area contributed by atoms with Crippen LogP contribution >= 0.6 is 0 Å². The number of carbonyl (C=O) groups excluding carboxylic acids is 2. The second kappa shape index (κ2) is 5.93. The lowest BCUT2D eigenvalue weighted by molar-refractivity contribution is -0.153. The van der Waals surface area contributed by atoms with Crippen LogP contribution in [-0.2, 0) is 14.3 Å². The summed E-state index contributed by atoms with van der Waals surface area (Å²) in [7, 11) is 0. The molecule has 3 fully saturated rings. The number of amides is 2. The Bertz CT molecular complexity index is 428. The third-order valence-corrected chi connectivity index (χ3v) is 4.94. The molecular formula is C15H25N3O3. The smallest absolute Gasteiger partial charge is 0.245 e. The number of ether oxygens (including phenoxy) is 1. The molecule has 0 aliphatic carbocycles. The predicted molar refractivity (Wildman–Crippen MR) is 77.7 cm³/mol. The lowest BCUT2D eigenvalue weighted by Crippen LogP contribution is -2.64. The van der Waals surface area contributed by atoms with Gasteiger partial charge in [0.2, 0.25) is 11.8 Å². The fourth-order valence-corrected chi connectivity index (χ4v) is 3.75. The fourth-order valence-electron chi connectivity index (χ4n) is 3.75. The molecule has 4 atom stereocenters. The lowest BCUT2D eigenvalue weighted by Gasteiger charge is -2.42. The molecule has 4 unspecified atom stereocenters. The Morgan fingerprint density at radius 1 is 1.38 bits per heavy atom. The number of nitrogens with one attached hydrogen (secondary N) is 1. The van der Waals surface area contributed by atoms with E-state index in [1.165, 1.54) is 12.8 Å². The molecule has 0 spiro atoms. The van der Waals surface area contributed by atoms with E-state index in [9.17, 15) is 9.59 Å². The van der Waals surface area contributed by atoms with Crippen LogP contribution in [0.15, 0.2) is 0 Å². The molecule has 3 aliphatic heterocycles. The summed E-state index contributed by atoms with van der Waals surface area (Å²) in [6.07, 6.45) is 3.12. The lowest BCUT2D eigenvalue weighted by atomic mass is 10.0. The van der Waals surface area contributed by atoms with Crippen molar-refractivity contribution in [3.63, 3.8) is 0 Å². The highest BCUT2D eigenvalue weighted by Gasteiger charge is 2.40. The highest BCUT2D eigenvalue weighted by atomic mass is 16.5. The van der Waals surface area contributed by atoms with Crippen LogP contribution in [0.1, 0.15) is 33.1 Å². The fraction of sp³-hybridized carbons (Fsp3) is 0.867. The van der Waals surface area contributed by atoms with Crippen molar-refractivity contribution in [1.82, 2.24) is 15.1 Å². The molecule has 0 aromatic carbocycles. The van der Waals surface area contributed by atoms with Crippen LogP contribution in [0.5, 0.6) is 0 Å². The summed E-state index contributed by atoms with van der Waals surface area (Å²) >= 11 is 0. The Morgan fingerprint density at radius 3 is 2.95 bits per heavy atom. The summed E-state index contributed by atoms with van der Waals surface area (Å²) < 4.78 is 5.94. The summed E-state index contributed by atoms with van der Waals surface area (Å²) in [6, 6.07) is -0.223. The molecule has 3 heterocycles. The van der Waals surface area contributed by atoms with E-state index in [0.717, 1.165) is 19.7 Å². The summed E-state index contributed by atoms with van der Waals surface area (Å²) in [5, 5.41) is 2.75. The van der Waals surface area contributed by atoms with E-state index in [-0.39, 0.29) is 24.0 Å². The molecule has 21 heavy (non-hydrogen) atoms. The first-order valence-corrected chi connectivity index (χ1v) is 8.06. The molecule has 1 N–H and O–H groups in total. The highest BCUT2D eigenvalue weighted by molar-refractivity contribution is 5.96. The van der Waals surface area contributed by atoms with Gasteiger partial charge in [-0.3, -0.25) is 14.5 Å². The van der Waals surface area contributed by atoms with Crippen molar-refractivity contribution in [2.75, 3.05) is 26.2 Å². The van der Waals surface area contributed by atoms with Crippen LogP contribution in [0.2, 0.25) is 0 Å². The highest BCUT2D eigenvalue weighted by Crippen LogP contribution is 2.24. The minimum atomic E-state index is -0.427. The van der Waals surface area contributed by atoms with E-state index >= 15 is 0 Å². The van der Waals surface area contributed by atoms with Gasteiger partial charge < -0.3 is 15.0 Å². The minimum absolute atomic E-state index is 0.00796. The van der Waals surface area contributed by atoms with E-state index < -0.39 is 6.04 Å². The first kappa shape index (κ1) is 14.8. The van der Waals surface area contributed by atoms with Gasteiger partial charge in [-0.1, -0.05) is 6.92 Å². The number of hydrogen-bond donors (Lipinski definition) is 1. The average molecular weight is 295 g/mol. The number of fused-ring (bicyclic) bond motifs is 1. The van der Waals surface area contributed by atoms with Gasteiger partial charge in [0.1, 0.15) is 12.1 Å². The molecule has 0 bridgehead atoms. The quantitative estimate of drug-likeness (QED) is 0.794. The van der Waals surface area contributed by atoms with E-state index in [2.05, 4.69) is 10.2 Å². The zero-order valence-corrected chi connectivity index (χ0v) is 12.9. The van der Waals surface area contributed by atoms with E-state index in [0.29, 0.717) is 19.0 Å². The number of hydrogen-bond acceptors (Lipinski definition) is 4. The van der Waals surface area contributed by atoms with Gasteiger partial charge in [0.15, 0.2) is 0 Å². The van der Waals surface area contributed by atoms with Crippen LogP contribution in [0, 0.1) is 0 Å². The van der Waals surface area contributed by atoms with Gasteiger partial charge in [0, 0.05) is 19.1 Å². The third-order valence-electron chi connectivity index (χ3n) is 4.94. The van der Waals surface area contributed by atoms with Crippen LogP contribution in [0.4, 0.5) is 0 Å². The molecule has 2 amide bonds. The summed E-state index contributed by atoms with van der Waals surface area (Å²) in [6.45, 7) is 6.98. The van der Waals surface area contributed by atoms with Gasteiger partial charge in [0.05, 0.1) is 12.7 Å². The first-order valence-electron chi connectivity index (χ1n) is 8.06. The van der Waals surface area contributed by atoms with Crippen LogP contribution in [-0.4, -0.2) is 72.1 Å². The molecule has 6 nitrogen and oxygen atoms in total. The van der Waals surface area contributed by atoms with Crippen molar-refractivity contribution < 1.29 is 14.3 Å². The number of nitrogens with zero attached hydrogens (tertiary/aromatic N) is 2. The van der Waals surface area contributed by atoms with Gasteiger partial charge in [-0.15, -0.1) is 0 Å². The van der Waals surface area contributed by atoms with E-state index in [4.69, 9.17) is 4.74 Å². The average Bonchev–Trinajstić information content (AvgIpc) is 2.92. The van der Waals surface area contributed by atoms with Gasteiger partial charge >= 0.3 is 0 Å². The van der Waals surface area contributed by atoms with Crippen molar-refractivity contribution >= 4 is 11.8 Å². The Hall–Kier alpha value is -1.14. The minimum Gasteiger partial charge on any atom is -0.373 e. The summed E-state index contributed by atoms with van der Waals surface area (Å²) in [5.41, 5.74) is 0. The molecule has 3 saturated heterocycles. The second-order valence-corrected chi connectivity index (χ2v) is 6.39. The van der Waals surface area contributed by atoms with E-state index in [1.807, 2.05) is 6.92 Å². The van der Waals surface area contributed by atoms with Gasteiger partial charge in [-0.25, -0.2) is 0 Å². The maximum absolute atomic E-state index is 12.4. The predicted octanol–water partition coefficient (Wildman–Crippen LogP) is -0.0249. The number of rotatable bonds is 3. The maximum Gasteiger partial charge on any atom is 0.245 e. The maximum atomic E-state index is 12.4. The standard InChI is InChI=1S/C15H25N3O3/c1-3-13-14(19)16-10(2)15(20)18(13)8-12-7-17-6-4-5-11(17)9-21-12/h10-13H,3-9H2,1-2H3,(H,16,19). The van der Waals surface area contributed by atoms with Gasteiger partial charge in [0.25, 0.3) is 0 Å². The first-order chi connectivity index (χ1) is 10.1. The van der Waals surface area contributed by atoms with Crippen LogP contribution < -0.4 is 5.32 Å². The largest absolute Gasteiger partial charge is 0.373 e. The summed E-state index contributed by atoms with van der Waals surface area (Å²) in [5.74, 6) is -0.0342. The van der Waals surface area contributed by atoms with Gasteiger partial charge in [-0.05, 0) is 32.7 Å². The Morgan fingerprint density at radius 2 is 2.19 bits per heavy atom.